The molecular weight excluding hydrogens is 208 g/mol. The molecule has 1 saturated heterocycles. The van der Waals surface area contributed by atoms with Gasteiger partial charge in [-0.1, -0.05) is 6.07 Å². The fraction of sp³-hybridized carbons (Fsp3) is 0.273. The molecule has 1 N–H and O–H groups in total. The first-order valence-electron chi connectivity index (χ1n) is 5.17. The van der Waals surface area contributed by atoms with Crippen molar-refractivity contribution in [3.05, 3.63) is 29.3 Å². The fourth-order valence-electron chi connectivity index (χ4n) is 1.78. The highest BCUT2D eigenvalue weighted by atomic mass is 16.7. The van der Waals surface area contributed by atoms with Crippen LogP contribution in [0.3, 0.4) is 0 Å². The first kappa shape index (κ1) is 9.35. The van der Waals surface area contributed by atoms with Crippen molar-refractivity contribution in [2.75, 3.05) is 13.1 Å². The quantitative estimate of drug-likeness (QED) is 0.737. The third-order valence-corrected chi connectivity index (χ3v) is 2.77. The Labute approximate surface area is 91.9 Å². The number of hydrogen-bond acceptors (Lipinski definition) is 4. The monoisotopic (exact) mass is 218 g/mol. The van der Waals surface area contributed by atoms with Crippen LogP contribution in [0, 0.1) is 0 Å². The number of amides is 2. The maximum Gasteiger partial charge on any atom is 0.262 e. The molecule has 1 aromatic carbocycles. The highest BCUT2D eigenvalue weighted by molar-refractivity contribution is 6.22. The lowest BCUT2D eigenvalue weighted by molar-refractivity contribution is -0.107. The van der Waals surface area contributed by atoms with Crippen molar-refractivity contribution in [1.29, 1.82) is 0 Å². The van der Waals surface area contributed by atoms with E-state index in [9.17, 15) is 9.59 Å². The fourth-order valence-corrected chi connectivity index (χ4v) is 1.78. The van der Waals surface area contributed by atoms with E-state index in [1.807, 2.05) is 0 Å². The summed E-state index contributed by atoms with van der Waals surface area (Å²) in [5.41, 5.74) is 0.738. The largest absolute Gasteiger partial charge is 0.405 e. The highest BCUT2D eigenvalue weighted by Crippen LogP contribution is 2.27. The third-order valence-electron chi connectivity index (χ3n) is 2.77. The van der Waals surface area contributed by atoms with Gasteiger partial charge in [0.1, 0.15) is 0 Å². The molecule has 0 atom stereocenters. The second-order valence-corrected chi connectivity index (χ2v) is 3.84. The van der Waals surface area contributed by atoms with E-state index in [4.69, 9.17) is 4.84 Å². The molecule has 2 aliphatic rings. The molecule has 0 aromatic heterocycles. The van der Waals surface area contributed by atoms with Gasteiger partial charge in [0.25, 0.3) is 11.8 Å². The van der Waals surface area contributed by atoms with Crippen LogP contribution < -0.4 is 10.2 Å². The Kier molecular flexibility index (Phi) is 1.94. The Morgan fingerprint density at radius 1 is 1.19 bits per heavy atom. The van der Waals surface area contributed by atoms with Crippen LogP contribution in [0.2, 0.25) is 0 Å². The molecule has 16 heavy (non-hydrogen) atoms. The molecule has 5 nitrogen and oxygen atoms in total. The topological polar surface area (TPSA) is 58.6 Å². The Bertz CT molecular complexity index is 480. The molecule has 2 heterocycles. The molecule has 3 rings (SSSR count). The number of nitrogens with one attached hydrogen (secondary N) is 1. The summed E-state index contributed by atoms with van der Waals surface area (Å²) in [4.78, 5) is 28.5. The van der Waals surface area contributed by atoms with E-state index < -0.39 is 0 Å². The molecule has 0 bridgehead atoms. The first-order chi connectivity index (χ1) is 7.75. The molecular formula is C11H10N2O3. The summed E-state index contributed by atoms with van der Waals surface area (Å²) in [5, 5.41) is 4.03. The lowest BCUT2D eigenvalue weighted by Crippen LogP contribution is -2.40. The number of carbonyl (C=O) groups is 2. The van der Waals surface area contributed by atoms with Gasteiger partial charge in [0.05, 0.1) is 11.1 Å². The lowest BCUT2D eigenvalue weighted by atomic mass is 10.1. The van der Waals surface area contributed by atoms with Crippen molar-refractivity contribution < 1.29 is 14.4 Å². The SMILES string of the molecule is O=C1NC(=O)c2c(ON3CCC3)cccc21. The summed E-state index contributed by atoms with van der Waals surface area (Å²) in [7, 11) is 0. The van der Waals surface area contributed by atoms with Crippen molar-refractivity contribution >= 4 is 11.8 Å². The van der Waals surface area contributed by atoms with Crippen molar-refractivity contribution in [2.45, 2.75) is 6.42 Å². The van der Waals surface area contributed by atoms with Crippen LogP contribution in [0.15, 0.2) is 18.2 Å². The van der Waals surface area contributed by atoms with Crippen LogP contribution in [0.1, 0.15) is 27.1 Å². The Morgan fingerprint density at radius 2 is 2.00 bits per heavy atom. The van der Waals surface area contributed by atoms with Crippen molar-refractivity contribution in [1.82, 2.24) is 10.4 Å². The minimum absolute atomic E-state index is 0.347. The van der Waals surface area contributed by atoms with Crippen LogP contribution in [-0.2, 0) is 0 Å². The van der Waals surface area contributed by atoms with Gasteiger partial charge in [-0.2, -0.15) is 0 Å². The Hall–Kier alpha value is -1.88. The first-order valence-corrected chi connectivity index (χ1v) is 5.17. The Balaban J connectivity index is 1.99. The molecule has 82 valence electrons. The number of imide groups is 1. The van der Waals surface area contributed by atoms with Gasteiger partial charge in [-0.25, -0.2) is 0 Å². The molecule has 1 fully saturated rings. The van der Waals surface area contributed by atoms with Gasteiger partial charge in [0.15, 0.2) is 5.75 Å². The summed E-state index contributed by atoms with van der Waals surface area (Å²) >= 11 is 0. The number of carbonyl (C=O) groups excluding carboxylic acids is 2. The van der Waals surface area contributed by atoms with Crippen LogP contribution in [-0.4, -0.2) is 30.0 Å². The van der Waals surface area contributed by atoms with E-state index in [0.29, 0.717) is 16.9 Å². The number of nitrogens with zero attached hydrogens (tertiary/aromatic N) is 1. The van der Waals surface area contributed by atoms with Gasteiger partial charge < -0.3 is 4.84 Å². The summed E-state index contributed by atoms with van der Waals surface area (Å²) in [6.45, 7) is 1.72. The minimum atomic E-state index is -0.379. The van der Waals surface area contributed by atoms with E-state index in [-0.39, 0.29) is 11.8 Å². The number of hydroxylamine groups is 2. The predicted octanol–water partition coefficient (Wildman–Crippen LogP) is 0.570. The number of hydrogen-bond donors (Lipinski definition) is 1. The maximum absolute atomic E-state index is 11.6. The standard InChI is InChI=1S/C11H10N2O3/c14-10-7-3-1-4-8(9(7)11(15)12-10)16-13-5-2-6-13/h1,3-4H,2,5-6H2,(H,12,14,15). The van der Waals surface area contributed by atoms with Crippen molar-refractivity contribution in [2.24, 2.45) is 0 Å². The van der Waals surface area contributed by atoms with Crippen LogP contribution >= 0.6 is 0 Å². The molecule has 1 aromatic rings. The van der Waals surface area contributed by atoms with Crippen LogP contribution in [0.4, 0.5) is 0 Å². The van der Waals surface area contributed by atoms with Gasteiger partial charge in [-0.15, -0.1) is 5.06 Å². The lowest BCUT2D eigenvalue weighted by Gasteiger charge is -2.30. The number of rotatable bonds is 2. The van der Waals surface area contributed by atoms with Gasteiger partial charge >= 0.3 is 0 Å². The summed E-state index contributed by atoms with van der Waals surface area (Å²) < 4.78 is 0. The predicted molar refractivity (Wildman–Crippen MR) is 55.1 cm³/mol. The molecule has 0 radical (unpaired) electrons. The van der Waals surface area contributed by atoms with E-state index in [2.05, 4.69) is 5.32 Å². The molecule has 2 aliphatic heterocycles. The van der Waals surface area contributed by atoms with Crippen molar-refractivity contribution in [3.8, 4) is 5.75 Å². The van der Waals surface area contributed by atoms with Crippen molar-refractivity contribution in [3.63, 3.8) is 0 Å². The average molecular weight is 218 g/mol. The molecule has 2 amide bonds. The molecule has 0 spiro atoms. The second-order valence-electron chi connectivity index (χ2n) is 3.84. The summed E-state index contributed by atoms with van der Waals surface area (Å²) in [5.74, 6) is -0.272. The zero-order valence-corrected chi connectivity index (χ0v) is 8.53. The maximum atomic E-state index is 11.6. The third kappa shape index (κ3) is 1.29. The van der Waals surface area contributed by atoms with Crippen LogP contribution in [0.5, 0.6) is 5.75 Å². The van der Waals surface area contributed by atoms with Gasteiger partial charge in [-0.05, 0) is 18.6 Å². The minimum Gasteiger partial charge on any atom is -0.405 e. The molecule has 5 heteroatoms. The zero-order valence-electron chi connectivity index (χ0n) is 8.53. The second kappa shape index (κ2) is 3.31. The summed E-state index contributed by atoms with van der Waals surface area (Å²) in [6.07, 6.45) is 1.10. The molecule has 0 aliphatic carbocycles. The normalized spacial score (nSPS) is 19.0. The Morgan fingerprint density at radius 3 is 2.69 bits per heavy atom. The van der Waals surface area contributed by atoms with Crippen LogP contribution in [0.25, 0.3) is 0 Å². The van der Waals surface area contributed by atoms with E-state index in [0.717, 1.165) is 19.5 Å². The summed E-state index contributed by atoms with van der Waals surface area (Å²) in [6, 6.07) is 5.04. The number of benzene rings is 1. The highest BCUT2D eigenvalue weighted by Gasteiger charge is 2.31. The zero-order chi connectivity index (χ0) is 11.1. The molecule has 0 saturated carbocycles. The van der Waals surface area contributed by atoms with Gasteiger partial charge in [-0.3, -0.25) is 14.9 Å². The molecule has 0 unspecified atom stereocenters. The van der Waals surface area contributed by atoms with E-state index >= 15 is 0 Å². The van der Waals surface area contributed by atoms with E-state index in [1.54, 1.807) is 23.3 Å². The van der Waals surface area contributed by atoms with Gasteiger partial charge in [0.2, 0.25) is 0 Å². The van der Waals surface area contributed by atoms with Gasteiger partial charge in [0, 0.05) is 13.1 Å². The van der Waals surface area contributed by atoms with E-state index in [1.165, 1.54) is 0 Å². The smallest absolute Gasteiger partial charge is 0.262 e. The number of fused-ring (bicyclic) bond motifs is 1. The average Bonchev–Trinajstić information content (AvgIpc) is 2.50.